The maximum atomic E-state index is 10.8. The van der Waals surface area contributed by atoms with Gasteiger partial charge in [0.15, 0.2) is 0 Å². The molecule has 0 aromatic carbocycles. The monoisotopic (exact) mass is 136 g/mol. The Morgan fingerprint density at radius 3 is 3.00 bits per heavy atom. The van der Waals surface area contributed by atoms with Crippen LogP contribution in [-0.4, -0.2) is 5.78 Å². The van der Waals surface area contributed by atoms with Gasteiger partial charge in [-0.2, -0.15) is 0 Å². The first-order valence-electron chi connectivity index (χ1n) is 3.78. The van der Waals surface area contributed by atoms with Crippen LogP contribution in [0.25, 0.3) is 0 Å². The maximum Gasteiger partial charge on any atom is 0.133 e. The van der Waals surface area contributed by atoms with E-state index in [0.29, 0.717) is 11.7 Å². The standard InChI is InChI=1S/C9H12O/c1-2-3-4-8-5-6-9(10)7-8/h1,8H,3-7H2/t8-/m1/s1. The molecule has 1 nitrogen and oxygen atoms in total. The Bertz CT molecular complexity index is 164. The van der Waals surface area contributed by atoms with Crippen LogP contribution in [0.5, 0.6) is 0 Å². The Morgan fingerprint density at radius 1 is 1.70 bits per heavy atom. The van der Waals surface area contributed by atoms with Crippen molar-refractivity contribution in [2.75, 3.05) is 0 Å². The molecule has 1 aliphatic carbocycles. The van der Waals surface area contributed by atoms with Crippen molar-refractivity contribution in [3.8, 4) is 12.3 Å². The maximum absolute atomic E-state index is 10.8. The number of Topliss-reactive ketones (excluding diaryl/α,β-unsaturated/α-hetero) is 1. The van der Waals surface area contributed by atoms with E-state index in [0.717, 1.165) is 32.1 Å². The summed E-state index contributed by atoms with van der Waals surface area (Å²) < 4.78 is 0. The van der Waals surface area contributed by atoms with Crippen LogP contribution in [0.3, 0.4) is 0 Å². The van der Waals surface area contributed by atoms with Crippen molar-refractivity contribution in [2.24, 2.45) is 5.92 Å². The fourth-order valence-corrected chi connectivity index (χ4v) is 1.43. The summed E-state index contributed by atoms with van der Waals surface area (Å²) in [4.78, 5) is 10.8. The van der Waals surface area contributed by atoms with Gasteiger partial charge in [0.2, 0.25) is 0 Å². The third-order valence-electron chi connectivity index (χ3n) is 2.04. The number of rotatable bonds is 2. The van der Waals surface area contributed by atoms with Gasteiger partial charge in [-0.05, 0) is 18.8 Å². The van der Waals surface area contributed by atoms with Crippen molar-refractivity contribution in [1.82, 2.24) is 0 Å². The molecule has 1 heteroatoms. The van der Waals surface area contributed by atoms with E-state index in [1.165, 1.54) is 0 Å². The van der Waals surface area contributed by atoms with Gasteiger partial charge >= 0.3 is 0 Å². The summed E-state index contributed by atoms with van der Waals surface area (Å²) in [7, 11) is 0. The zero-order valence-corrected chi connectivity index (χ0v) is 6.10. The number of ketones is 1. The smallest absolute Gasteiger partial charge is 0.133 e. The van der Waals surface area contributed by atoms with Crippen molar-refractivity contribution in [1.29, 1.82) is 0 Å². The van der Waals surface area contributed by atoms with Crippen LogP contribution in [0.4, 0.5) is 0 Å². The van der Waals surface area contributed by atoms with Crippen LogP contribution < -0.4 is 0 Å². The fourth-order valence-electron chi connectivity index (χ4n) is 1.43. The van der Waals surface area contributed by atoms with E-state index in [1.54, 1.807) is 0 Å². The first-order chi connectivity index (χ1) is 4.83. The number of carbonyl (C=O) groups is 1. The molecule has 10 heavy (non-hydrogen) atoms. The van der Waals surface area contributed by atoms with Gasteiger partial charge in [-0.25, -0.2) is 0 Å². The lowest BCUT2D eigenvalue weighted by Gasteiger charge is -2.02. The first kappa shape index (κ1) is 7.34. The molecule has 54 valence electrons. The molecule has 1 rings (SSSR count). The van der Waals surface area contributed by atoms with Crippen LogP contribution in [-0.2, 0) is 4.79 Å². The van der Waals surface area contributed by atoms with Gasteiger partial charge in [-0.3, -0.25) is 4.79 Å². The zero-order chi connectivity index (χ0) is 7.40. The third-order valence-corrected chi connectivity index (χ3v) is 2.04. The summed E-state index contributed by atoms with van der Waals surface area (Å²) >= 11 is 0. The normalized spacial score (nSPS) is 24.7. The molecule has 0 aromatic rings. The Balaban J connectivity index is 2.20. The second-order valence-electron chi connectivity index (χ2n) is 2.89. The number of hydrogen-bond donors (Lipinski definition) is 0. The Kier molecular flexibility index (Phi) is 2.50. The molecule has 0 N–H and O–H groups in total. The lowest BCUT2D eigenvalue weighted by atomic mass is 10.0. The molecule has 0 spiro atoms. The van der Waals surface area contributed by atoms with Gasteiger partial charge in [0.05, 0.1) is 0 Å². The zero-order valence-electron chi connectivity index (χ0n) is 6.10. The van der Waals surface area contributed by atoms with Crippen LogP contribution in [0, 0.1) is 18.3 Å². The minimum Gasteiger partial charge on any atom is -0.300 e. The molecule has 0 unspecified atom stereocenters. The van der Waals surface area contributed by atoms with Gasteiger partial charge in [0.1, 0.15) is 5.78 Å². The Labute approximate surface area is 61.8 Å². The van der Waals surface area contributed by atoms with Crippen molar-refractivity contribution in [3.63, 3.8) is 0 Å². The molecule has 1 fully saturated rings. The van der Waals surface area contributed by atoms with Gasteiger partial charge in [0, 0.05) is 19.3 Å². The molecule has 1 aliphatic rings. The molecule has 0 amide bonds. The average Bonchev–Trinajstić information content (AvgIpc) is 2.31. The van der Waals surface area contributed by atoms with Gasteiger partial charge in [0.25, 0.3) is 0 Å². The summed E-state index contributed by atoms with van der Waals surface area (Å²) in [5.41, 5.74) is 0. The first-order valence-corrected chi connectivity index (χ1v) is 3.78. The second-order valence-corrected chi connectivity index (χ2v) is 2.89. The van der Waals surface area contributed by atoms with Crippen molar-refractivity contribution >= 4 is 5.78 Å². The molecular weight excluding hydrogens is 124 g/mol. The summed E-state index contributed by atoms with van der Waals surface area (Å²) in [6.07, 6.45) is 9.62. The van der Waals surface area contributed by atoms with Crippen molar-refractivity contribution in [2.45, 2.75) is 32.1 Å². The van der Waals surface area contributed by atoms with Gasteiger partial charge < -0.3 is 0 Å². The Morgan fingerprint density at radius 2 is 2.50 bits per heavy atom. The topological polar surface area (TPSA) is 17.1 Å². The molecule has 0 saturated heterocycles. The molecule has 0 bridgehead atoms. The largest absolute Gasteiger partial charge is 0.300 e. The second kappa shape index (κ2) is 3.41. The van der Waals surface area contributed by atoms with Crippen LogP contribution in [0.15, 0.2) is 0 Å². The number of carbonyl (C=O) groups excluding carboxylic acids is 1. The van der Waals surface area contributed by atoms with Crippen molar-refractivity contribution in [3.05, 3.63) is 0 Å². The fraction of sp³-hybridized carbons (Fsp3) is 0.667. The van der Waals surface area contributed by atoms with Crippen LogP contribution >= 0.6 is 0 Å². The SMILES string of the molecule is C#CCC[C@@H]1CCC(=O)C1. The molecule has 0 radical (unpaired) electrons. The lowest BCUT2D eigenvalue weighted by Crippen LogP contribution is -1.93. The summed E-state index contributed by atoms with van der Waals surface area (Å²) in [5, 5.41) is 0. The van der Waals surface area contributed by atoms with E-state index in [2.05, 4.69) is 5.92 Å². The van der Waals surface area contributed by atoms with E-state index in [4.69, 9.17) is 6.42 Å². The minimum atomic E-state index is 0.419. The summed E-state index contributed by atoms with van der Waals surface area (Å²) in [6.45, 7) is 0. The third kappa shape index (κ3) is 1.88. The highest BCUT2D eigenvalue weighted by Gasteiger charge is 2.20. The van der Waals surface area contributed by atoms with Crippen LogP contribution in [0.2, 0.25) is 0 Å². The molecular formula is C9H12O. The number of terminal acetylenes is 1. The van der Waals surface area contributed by atoms with E-state index in [9.17, 15) is 4.79 Å². The minimum absolute atomic E-state index is 0.419. The predicted octanol–water partition coefficient (Wildman–Crippen LogP) is 1.77. The summed E-state index contributed by atoms with van der Waals surface area (Å²) in [6, 6.07) is 0. The molecule has 0 heterocycles. The van der Waals surface area contributed by atoms with E-state index >= 15 is 0 Å². The lowest BCUT2D eigenvalue weighted by molar-refractivity contribution is -0.117. The highest BCUT2D eigenvalue weighted by molar-refractivity contribution is 5.80. The number of hydrogen-bond acceptors (Lipinski definition) is 1. The molecule has 0 aliphatic heterocycles. The highest BCUT2D eigenvalue weighted by Crippen LogP contribution is 2.25. The van der Waals surface area contributed by atoms with E-state index < -0.39 is 0 Å². The Hall–Kier alpha value is -0.770. The highest BCUT2D eigenvalue weighted by atomic mass is 16.1. The molecule has 1 saturated carbocycles. The van der Waals surface area contributed by atoms with Crippen LogP contribution in [0.1, 0.15) is 32.1 Å². The molecule has 1 atom stereocenters. The van der Waals surface area contributed by atoms with Crippen molar-refractivity contribution < 1.29 is 4.79 Å². The summed E-state index contributed by atoms with van der Waals surface area (Å²) in [5.74, 6) is 3.62. The average molecular weight is 136 g/mol. The van der Waals surface area contributed by atoms with Gasteiger partial charge in [-0.15, -0.1) is 12.3 Å². The predicted molar refractivity (Wildman–Crippen MR) is 40.4 cm³/mol. The van der Waals surface area contributed by atoms with E-state index in [1.807, 2.05) is 0 Å². The van der Waals surface area contributed by atoms with Gasteiger partial charge in [-0.1, -0.05) is 0 Å². The van der Waals surface area contributed by atoms with E-state index in [-0.39, 0.29) is 0 Å². The quantitative estimate of drug-likeness (QED) is 0.529. The molecule has 0 aromatic heterocycles.